The topological polar surface area (TPSA) is 35.2 Å². The molecule has 0 aliphatic heterocycles. The minimum atomic E-state index is -4.16. The second-order valence-electron chi connectivity index (χ2n) is 4.94. The standard InChI is InChI=1S/C15H21F4NO/c16-14(17,9-5-10-20)15(18,19)12-21-11-4-8-13-6-2-1-3-7-13/h1-3,6-7H,4-5,8-12,20H2. The van der Waals surface area contributed by atoms with Gasteiger partial charge in [-0.2, -0.15) is 17.6 Å². The van der Waals surface area contributed by atoms with E-state index in [1.54, 1.807) is 0 Å². The molecule has 0 heterocycles. The molecular weight excluding hydrogens is 286 g/mol. The molecular formula is C15H21F4NO. The fraction of sp³-hybridized carbons (Fsp3) is 0.600. The first-order valence-electron chi connectivity index (χ1n) is 6.96. The van der Waals surface area contributed by atoms with Gasteiger partial charge in [0.15, 0.2) is 0 Å². The average Bonchev–Trinajstić information content (AvgIpc) is 2.45. The number of hydrogen-bond acceptors (Lipinski definition) is 2. The normalized spacial score (nSPS) is 12.6. The molecule has 0 aliphatic carbocycles. The molecule has 0 aliphatic rings. The highest BCUT2D eigenvalue weighted by atomic mass is 19.3. The molecule has 0 atom stereocenters. The molecule has 1 rings (SSSR count). The molecule has 6 heteroatoms. The van der Waals surface area contributed by atoms with Crippen LogP contribution in [0.1, 0.15) is 24.8 Å². The summed E-state index contributed by atoms with van der Waals surface area (Å²) in [4.78, 5) is 0. The summed E-state index contributed by atoms with van der Waals surface area (Å²) >= 11 is 0. The van der Waals surface area contributed by atoms with E-state index in [-0.39, 0.29) is 19.6 Å². The van der Waals surface area contributed by atoms with Crippen molar-refractivity contribution in [3.63, 3.8) is 0 Å². The maximum atomic E-state index is 13.4. The molecule has 0 amide bonds. The Balaban J connectivity index is 2.27. The Hall–Kier alpha value is -1.14. The van der Waals surface area contributed by atoms with Crippen LogP contribution < -0.4 is 5.73 Å². The molecule has 2 N–H and O–H groups in total. The zero-order valence-corrected chi connectivity index (χ0v) is 11.8. The van der Waals surface area contributed by atoms with E-state index in [1.165, 1.54) is 0 Å². The highest BCUT2D eigenvalue weighted by Gasteiger charge is 2.55. The van der Waals surface area contributed by atoms with Crippen molar-refractivity contribution < 1.29 is 22.3 Å². The van der Waals surface area contributed by atoms with Gasteiger partial charge in [-0.3, -0.25) is 0 Å². The zero-order valence-electron chi connectivity index (χ0n) is 11.8. The summed E-state index contributed by atoms with van der Waals surface area (Å²) in [6.45, 7) is -1.28. The summed E-state index contributed by atoms with van der Waals surface area (Å²) in [5.41, 5.74) is 6.12. The molecule has 0 spiro atoms. The molecule has 0 radical (unpaired) electrons. The van der Waals surface area contributed by atoms with Gasteiger partial charge in [0, 0.05) is 13.0 Å². The molecule has 0 bridgehead atoms. The van der Waals surface area contributed by atoms with E-state index in [1.807, 2.05) is 30.3 Å². The quantitative estimate of drug-likeness (QED) is 0.529. The Morgan fingerprint density at radius 3 is 2.24 bits per heavy atom. The highest BCUT2D eigenvalue weighted by Crippen LogP contribution is 2.37. The lowest BCUT2D eigenvalue weighted by molar-refractivity contribution is -0.235. The Bertz CT molecular complexity index is 398. The second kappa shape index (κ2) is 8.34. The maximum Gasteiger partial charge on any atom is 0.332 e. The average molecular weight is 307 g/mol. The number of alkyl halides is 4. The Kier molecular flexibility index (Phi) is 7.11. The van der Waals surface area contributed by atoms with Crippen molar-refractivity contribution in [1.82, 2.24) is 0 Å². The van der Waals surface area contributed by atoms with Crippen LogP contribution in [0.2, 0.25) is 0 Å². The molecule has 21 heavy (non-hydrogen) atoms. The third kappa shape index (κ3) is 6.01. The molecule has 2 nitrogen and oxygen atoms in total. The third-order valence-electron chi connectivity index (χ3n) is 3.11. The van der Waals surface area contributed by atoms with Gasteiger partial charge < -0.3 is 10.5 Å². The smallest absolute Gasteiger partial charge is 0.332 e. The van der Waals surface area contributed by atoms with Crippen LogP contribution in [0.15, 0.2) is 30.3 Å². The summed E-state index contributed by atoms with van der Waals surface area (Å²) in [6, 6.07) is 9.46. The third-order valence-corrected chi connectivity index (χ3v) is 3.11. The van der Waals surface area contributed by atoms with Crippen molar-refractivity contribution in [2.75, 3.05) is 19.8 Å². The predicted octanol–water partition coefficient (Wildman–Crippen LogP) is 3.65. The summed E-state index contributed by atoms with van der Waals surface area (Å²) in [5.74, 6) is -8.24. The van der Waals surface area contributed by atoms with Crippen molar-refractivity contribution in [1.29, 1.82) is 0 Å². The lowest BCUT2D eigenvalue weighted by Crippen LogP contribution is -2.44. The summed E-state index contributed by atoms with van der Waals surface area (Å²) in [7, 11) is 0. The fourth-order valence-corrected chi connectivity index (χ4v) is 1.84. The zero-order chi connectivity index (χ0) is 15.8. The van der Waals surface area contributed by atoms with Gasteiger partial charge in [0.05, 0.1) is 0 Å². The minimum absolute atomic E-state index is 0.0253. The van der Waals surface area contributed by atoms with Gasteiger partial charge in [-0.05, 0) is 31.4 Å². The maximum absolute atomic E-state index is 13.4. The van der Waals surface area contributed by atoms with Crippen molar-refractivity contribution in [2.24, 2.45) is 5.73 Å². The van der Waals surface area contributed by atoms with Gasteiger partial charge in [0.25, 0.3) is 0 Å². The monoisotopic (exact) mass is 307 g/mol. The molecule has 0 fully saturated rings. The summed E-state index contributed by atoms with van der Waals surface area (Å²) in [6.07, 6.45) is 0.102. The molecule has 0 saturated heterocycles. The van der Waals surface area contributed by atoms with Crippen LogP contribution in [0.25, 0.3) is 0 Å². The van der Waals surface area contributed by atoms with Crippen LogP contribution >= 0.6 is 0 Å². The number of rotatable bonds is 10. The van der Waals surface area contributed by atoms with Crippen LogP contribution in [0, 0.1) is 0 Å². The van der Waals surface area contributed by atoms with Gasteiger partial charge in [-0.25, -0.2) is 0 Å². The van der Waals surface area contributed by atoms with E-state index in [0.29, 0.717) is 12.8 Å². The summed E-state index contributed by atoms with van der Waals surface area (Å²) < 4.78 is 58.0. The van der Waals surface area contributed by atoms with Crippen LogP contribution in [-0.2, 0) is 11.2 Å². The van der Waals surface area contributed by atoms with E-state index in [9.17, 15) is 17.6 Å². The lowest BCUT2D eigenvalue weighted by atomic mass is 10.1. The second-order valence-corrected chi connectivity index (χ2v) is 4.94. The number of benzene rings is 1. The SMILES string of the molecule is NCCCC(F)(F)C(F)(F)COCCCc1ccccc1. The van der Waals surface area contributed by atoms with Crippen molar-refractivity contribution in [3.8, 4) is 0 Å². The van der Waals surface area contributed by atoms with Crippen molar-refractivity contribution in [3.05, 3.63) is 35.9 Å². The molecule has 0 unspecified atom stereocenters. The largest absolute Gasteiger partial charge is 0.375 e. The van der Waals surface area contributed by atoms with E-state index in [2.05, 4.69) is 0 Å². The first-order valence-corrected chi connectivity index (χ1v) is 6.96. The van der Waals surface area contributed by atoms with E-state index < -0.39 is 24.9 Å². The first-order chi connectivity index (χ1) is 9.89. The number of ether oxygens (including phenoxy) is 1. The summed E-state index contributed by atoms with van der Waals surface area (Å²) in [5, 5.41) is 0. The first kappa shape index (κ1) is 17.9. The van der Waals surface area contributed by atoms with Crippen LogP contribution in [0.3, 0.4) is 0 Å². The predicted molar refractivity (Wildman–Crippen MR) is 73.8 cm³/mol. The van der Waals surface area contributed by atoms with Crippen LogP contribution in [0.4, 0.5) is 17.6 Å². The molecule has 1 aromatic rings. The molecule has 0 saturated carbocycles. The highest BCUT2D eigenvalue weighted by molar-refractivity contribution is 5.14. The Labute approximate surface area is 122 Å². The van der Waals surface area contributed by atoms with Crippen molar-refractivity contribution >= 4 is 0 Å². The van der Waals surface area contributed by atoms with Gasteiger partial charge in [-0.1, -0.05) is 30.3 Å². The number of aryl methyl sites for hydroxylation is 1. The fourth-order valence-electron chi connectivity index (χ4n) is 1.84. The Morgan fingerprint density at radius 1 is 0.952 bits per heavy atom. The van der Waals surface area contributed by atoms with Crippen LogP contribution in [0.5, 0.6) is 0 Å². The van der Waals surface area contributed by atoms with Crippen LogP contribution in [-0.4, -0.2) is 31.6 Å². The van der Waals surface area contributed by atoms with Gasteiger partial charge in [0.2, 0.25) is 0 Å². The van der Waals surface area contributed by atoms with E-state index in [0.717, 1.165) is 5.56 Å². The van der Waals surface area contributed by atoms with E-state index >= 15 is 0 Å². The molecule has 0 aromatic heterocycles. The van der Waals surface area contributed by atoms with Gasteiger partial charge in [0.1, 0.15) is 6.61 Å². The number of nitrogens with two attached hydrogens (primary N) is 1. The Morgan fingerprint density at radius 2 is 1.62 bits per heavy atom. The van der Waals surface area contributed by atoms with Crippen molar-refractivity contribution in [2.45, 2.75) is 37.5 Å². The molecule has 120 valence electrons. The molecule has 1 aromatic carbocycles. The lowest BCUT2D eigenvalue weighted by Gasteiger charge is -2.26. The van der Waals surface area contributed by atoms with Gasteiger partial charge >= 0.3 is 11.8 Å². The number of hydrogen-bond donors (Lipinski definition) is 1. The number of halogens is 4. The van der Waals surface area contributed by atoms with E-state index in [4.69, 9.17) is 10.5 Å². The minimum Gasteiger partial charge on any atom is -0.375 e. The van der Waals surface area contributed by atoms with Gasteiger partial charge in [-0.15, -0.1) is 0 Å².